The van der Waals surface area contributed by atoms with Crippen LogP contribution in [0.2, 0.25) is 0 Å². The summed E-state index contributed by atoms with van der Waals surface area (Å²) in [4.78, 5) is 0. The average Bonchev–Trinajstić information content (AvgIpc) is 2.98. The molecule has 2 nitrogen and oxygen atoms in total. The van der Waals surface area contributed by atoms with Gasteiger partial charge in [0, 0.05) is 13.2 Å². The van der Waals surface area contributed by atoms with Gasteiger partial charge in [0.25, 0.3) is 0 Å². The summed E-state index contributed by atoms with van der Waals surface area (Å²) in [5.41, 5.74) is 2.75. The highest BCUT2D eigenvalue weighted by Gasteiger charge is 2.18. The van der Waals surface area contributed by atoms with Crippen LogP contribution in [0.3, 0.4) is 0 Å². The maximum atomic E-state index is 9.46. The van der Waals surface area contributed by atoms with Crippen molar-refractivity contribution >= 4 is 0 Å². The minimum absolute atomic E-state index is 0.276. The molecule has 0 aliphatic carbocycles. The van der Waals surface area contributed by atoms with Gasteiger partial charge in [-0.3, -0.25) is 0 Å². The molecule has 1 fully saturated rings. The van der Waals surface area contributed by atoms with Crippen molar-refractivity contribution in [1.29, 1.82) is 0 Å². The van der Waals surface area contributed by atoms with Crippen molar-refractivity contribution in [3.8, 4) is 0 Å². The first-order valence-electron chi connectivity index (χ1n) is 8.88. The molecule has 0 aromatic heterocycles. The van der Waals surface area contributed by atoms with Crippen molar-refractivity contribution in [2.45, 2.75) is 59.0 Å². The highest BCUT2D eigenvalue weighted by molar-refractivity contribution is 5.23. The lowest BCUT2D eigenvalue weighted by Gasteiger charge is -2.19. The third kappa shape index (κ3) is 5.40. The van der Waals surface area contributed by atoms with Crippen molar-refractivity contribution < 1.29 is 9.84 Å². The monoisotopic (exact) mass is 304 g/mol. The van der Waals surface area contributed by atoms with Gasteiger partial charge in [0.05, 0.1) is 6.10 Å². The first-order chi connectivity index (χ1) is 10.6. The summed E-state index contributed by atoms with van der Waals surface area (Å²) in [5, 5.41) is 9.46. The number of aliphatic hydroxyl groups excluding tert-OH is 1. The van der Waals surface area contributed by atoms with E-state index in [1.54, 1.807) is 0 Å². The lowest BCUT2D eigenvalue weighted by molar-refractivity contribution is 0.0918. The largest absolute Gasteiger partial charge is 0.396 e. The zero-order chi connectivity index (χ0) is 15.9. The molecule has 1 saturated heterocycles. The molecule has 1 heterocycles. The molecule has 2 rings (SSSR count). The van der Waals surface area contributed by atoms with E-state index in [9.17, 15) is 5.11 Å². The molecular formula is C20H32O2. The number of rotatable bonds is 8. The van der Waals surface area contributed by atoms with Gasteiger partial charge in [-0.2, -0.15) is 0 Å². The topological polar surface area (TPSA) is 29.5 Å². The predicted octanol–water partition coefficient (Wildman–Crippen LogP) is 4.24. The molecule has 124 valence electrons. The van der Waals surface area contributed by atoms with Gasteiger partial charge in [-0.25, -0.2) is 0 Å². The summed E-state index contributed by atoms with van der Waals surface area (Å²) in [5.74, 6) is 1.57. The normalized spacial score (nSPS) is 21.2. The van der Waals surface area contributed by atoms with Crippen LogP contribution in [0.1, 0.15) is 51.2 Å². The van der Waals surface area contributed by atoms with E-state index in [0.29, 0.717) is 23.9 Å². The Balaban J connectivity index is 1.83. The standard InChI is InChI=1S/C20H32O2/c1-15(2)19(14-21)13-18-8-6-17(7-9-18)11-16(3)12-20-5-4-10-22-20/h6-9,15-16,19-21H,4-5,10-14H2,1-3H3/t16?,19-,20?/m0/s1. The fourth-order valence-corrected chi connectivity index (χ4v) is 3.39. The molecule has 1 aliphatic heterocycles. The van der Waals surface area contributed by atoms with Gasteiger partial charge in [0.15, 0.2) is 0 Å². The number of hydrogen-bond donors (Lipinski definition) is 1. The van der Waals surface area contributed by atoms with Crippen molar-refractivity contribution in [2.75, 3.05) is 13.2 Å². The summed E-state index contributed by atoms with van der Waals surface area (Å²) in [6.07, 6.45) is 6.25. The minimum Gasteiger partial charge on any atom is -0.396 e. The summed E-state index contributed by atoms with van der Waals surface area (Å²) in [6.45, 7) is 7.92. The van der Waals surface area contributed by atoms with Crippen LogP contribution in [-0.2, 0) is 17.6 Å². The number of ether oxygens (including phenoxy) is 1. The first-order valence-corrected chi connectivity index (χ1v) is 8.88. The van der Waals surface area contributed by atoms with Crippen LogP contribution in [-0.4, -0.2) is 24.4 Å². The fourth-order valence-electron chi connectivity index (χ4n) is 3.39. The van der Waals surface area contributed by atoms with E-state index in [1.807, 2.05) is 0 Å². The highest BCUT2D eigenvalue weighted by Crippen LogP contribution is 2.23. The Morgan fingerprint density at radius 1 is 1.09 bits per heavy atom. The molecule has 1 N–H and O–H groups in total. The van der Waals surface area contributed by atoms with Crippen LogP contribution in [0.15, 0.2) is 24.3 Å². The molecule has 1 aromatic carbocycles. The molecule has 0 radical (unpaired) electrons. The second kappa shape index (κ2) is 8.69. The fraction of sp³-hybridized carbons (Fsp3) is 0.700. The quantitative estimate of drug-likeness (QED) is 0.778. The highest BCUT2D eigenvalue weighted by atomic mass is 16.5. The maximum Gasteiger partial charge on any atom is 0.0578 e. The zero-order valence-corrected chi connectivity index (χ0v) is 14.4. The second-order valence-corrected chi connectivity index (χ2v) is 7.39. The van der Waals surface area contributed by atoms with Crippen LogP contribution in [0.25, 0.3) is 0 Å². The Hall–Kier alpha value is -0.860. The number of benzene rings is 1. The molecule has 0 amide bonds. The SMILES string of the molecule is CC(Cc1ccc(C[C@@H](CO)C(C)C)cc1)CC1CCCO1. The molecule has 0 bridgehead atoms. The van der Waals surface area contributed by atoms with Crippen molar-refractivity contribution in [3.05, 3.63) is 35.4 Å². The molecule has 22 heavy (non-hydrogen) atoms. The second-order valence-electron chi connectivity index (χ2n) is 7.39. The summed E-state index contributed by atoms with van der Waals surface area (Å²) >= 11 is 0. The van der Waals surface area contributed by atoms with Crippen LogP contribution < -0.4 is 0 Å². The van der Waals surface area contributed by atoms with E-state index in [4.69, 9.17) is 4.74 Å². The lowest BCUT2D eigenvalue weighted by Crippen LogP contribution is -2.16. The van der Waals surface area contributed by atoms with Gasteiger partial charge < -0.3 is 9.84 Å². The van der Waals surface area contributed by atoms with E-state index in [2.05, 4.69) is 45.0 Å². The van der Waals surface area contributed by atoms with Gasteiger partial charge in [-0.15, -0.1) is 0 Å². The van der Waals surface area contributed by atoms with Crippen molar-refractivity contribution in [3.63, 3.8) is 0 Å². The van der Waals surface area contributed by atoms with Crippen LogP contribution in [0, 0.1) is 17.8 Å². The summed E-state index contributed by atoms with van der Waals surface area (Å²) in [7, 11) is 0. The maximum absolute atomic E-state index is 9.46. The summed E-state index contributed by atoms with van der Waals surface area (Å²) in [6, 6.07) is 8.99. The molecule has 3 atom stereocenters. The minimum atomic E-state index is 0.276. The Labute approximate surface area is 135 Å². The summed E-state index contributed by atoms with van der Waals surface area (Å²) < 4.78 is 5.74. The number of hydrogen-bond acceptors (Lipinski definition) is 2. The molecule has 0 saturated carbocycles. The zero-order valence-electron chi connectivity index (χ0n) is 14.4. The van der Waals surface area contributed by atoms with E-state index in [1.165, 1.54) is 30.4 Å². The molecule has 0 spiro atoms. The molecule has 1 aliphatic rings. The van der Waals surface area contributed by atoms with E-state index in [0.717, 1.165) is 19.4 Å². The van der Waals surface area contributed by atoms with Gasteiger partial charge in [0.2, 0.25) is 0 Å². The third-order valence-corrected chi connectivity index (χ3v) is 4.97. The third-order valence-electron chi connectivity index (χ3n) is 4.97. The van der Waals surface area contributed by atoms with Crippen molar-refractivity contribution in [2.24, 2.45) is 17.8 Å². The van der Waals surface area contributed by atoms with Crippen LogP contribution in [0.4, 0.5) is 0 Å². The Bertz CT molecular complexity index is 418. The van der Waals surface area contributed by atoms with Crippen molar-refractivity contribution in [1.82, 2.24) is 0 Å². The van der Waals surface area contributed by atoms with Gasteiger partial charge in [-0.05, 0) is 61.0 Å². The van der Waals surface area contributed by atoms with Crippen LogP contribution >= 0.6 is 0 Å². The van der Waals surface area contributed by atoms with Gasteiger partial charge >= 0.3 is 0 Å². The first kappa shape index (κ1) is 17.5. The molecule has 1 aromatic rings. The van der Waals surface area contributed by atoms with E-state index < -0.39 is 0 Å². The molecule has 2 heteroatoms. The van der Waals surface area contributed by atoms with Gasteiger partial charge in [-0.1, -0.05) is 45.0 Å². The van der Waals surface area contributed by atoms with Gasteiger partial charge in [0.1, 0.15) is 0 Å². The number of aliphatic hydroxyl groups is 1. The molecule has 2 unspecified atom stereocenters. The molecular weight excluding hydrogens is 272 g/mol. The Morgan fingerprint density at radius 2 is 1.73 bits per heavy atom. The Morgan fingerprint density at radius 3 is 2.23 bits per heavy atom. The van der Waals surface area contributed by atoms with E-state index in [-0.39, 0.29) is 6.61 Å². The van der Waals surface area contributed by atoms with E-state index >= 15 is 0 Å². The average molecular weight is 304 g/mol. The Kier molecular flexibility index (Phi) is 6.91. The predicted molar refractivity (Wildman–Crippen MR) is 92.0 cm³/mol. The van der Waals surface area contributed by atoms with Crippen LogP contribution in [0.5, 0.6) is 0 Å². The lowest BCUT2D eigenvalue weighted by atomic mass is 9.89. The smallest absolute Gasteiger partial charge is 0.0578 e.